The van der Waals surface area contributed by atoms with Gasteiger partial charge in [0.15, 0.2) is 0 Å². The second-order valence-corrected chi connectivity index (χ2v) is 7.55. The Morgan fingerprint density at radius 2 is 0.938 bits per heavy atom. The molecular formula is C28H24O4. The average molecular weight is 424 g/mol. The lowest BCUT2D eigenvalue weighted by atomic mass is 10.1. The molecule has 160 valence electrons. The zero-order valence-corrected chi connectivity index (χ0v) is 18.1. The topological polar surface area (TPSA) is 52.6 Å². The first kappa shape index (κ1) is 21.3. The van der Waals surface area contributed by atoms with Gasteiger partial charge in [0.25, 0.3) is 0 Å². The molecule has 4 aromatic carbocycles. The number of ether oxygens (including phenoxy) is 2. The second kappa shape index (κ2) is 9.48. The molecule has 0 fully saturated rings. The highest BCUT2D eigenvalue weighted by Gasteiger charge is 2.11. The Bertz CT molecular complexity index is 1150. The fourth-order valence-electron chi connectivity index (χ4n) is 3.41. The molecule has 32 heavy (non-hydrogen) atoms. The highest BCUT2D eigenvalue weighted by Crippen LogP contribution is 2.26. The summed E-state index contributed by atoms with van der Waals surface area (Å²) in [4.78, 5) is 24.8. The van der Waals surface area contributed by atoms with Gasteiger partial charge in [0, 0.05) is 0 Å². The molecule has 0 N–H and O–H groups in total. The molecular weight excluding hydrogens is 400 g/mol. The summed E-state index contributed by atoms with van der Waals surface area (Å²) in [6.45, 7) is 4.14. The van der Waals surface area contributed by atoms with Crippen molar-refractivity contribution in [3.63, 3.8) is 0 Å². The number of rotatable bonds is 6. The third kappa shape index (κ3) is 4.86. The van der Waals surface area contributed by atoms with Gasteiger partial charge in [-0.1, -0.05) is 50.2 Å². The number of benzene rings is 4. The van der Waals surface area contributed by atoms with Crippen molar-refractivity contribution in [1.82, 2.24) is 0 Å². The molecule has 4 heteroatoms. The normalized spacial score (nSPS) is 10.7. The van der Waals surface area contributed by atoms with E-state index in [1.54, 1.807) is 48.5 Å². The summed E-state index contributed by atoms with van der Waals surface area (Å²) < 4.78 is 11.1. The molecule has 0 atom stereocenters. The van der Waals surface area contributed by atoms with Crippen LogP contribution < -0.4 is 9.47 Å². The molecule has 0 saturated carbocycles. The van der Waals surface area contributed by atoms with E-state index >= 15 is 0 Å². The summed E-state index contributed by atoms with van der Waals surface area (Å²) in [5.74, 6) is 0.129. The summed E-state index contributed by atoms with van der Waals surface area (Å²) in [5, 5.41) is 1.76. The minimum atomic E-state index is -0.397. The summed E-state index contributed by atoms with van der Waals surface area (Å²) in [6, 6.07) is 25.5. The quantitative estimate of drug-likeness (QED) is 0.265. The van der Waals surface area contributed by atoms with Crippen molar-refractivity contribution >= 4 is 22.7 Å². The molecule has 0 spiro atoms. The molecule has 0 unspecified atom stereocenters. The van der Waals surface area contributed by atoms with Crippen LogP contribution in [0.3, 0.4) is 0 Å². The monoisotopic (exact) mass is 424 g/mol. The van der Waals surface area contributed by atoms with E-state index in [0.717, 1.165) is 23.6 Å². The van der Waals surface area contributed by atoms with Gasteiger partial charge in [0.1, 0.15) is 11.5 Å². The Kier molecular flexibility index (Phi) is 6.31. The van der Waals surface area contributed by atoms with Crippen LogP contribution in [0.1, 0.15) is 45.7 Å². The van der Waals surface area contributed by atoms with E-state index in [0.29, 0.717) is 22.6 Å². The smallest absolute Gasteiger partial charge is 0.343 e. The van der Waals surface area contributed by atoms with Gasteiger partial charge in [-0.05, 0) is 83.3 Å². The van der Waals surface area contributed by atoms with Crippen molar-refractivity contribution in [2.24, 2.45) is 0 Å². The predicted molar refractivity (Wildman–Crippen MR) is 126 cm³/mol. The van der Waals surface area contributed by atoms with Gasteiger partial charge < -0.3 is 9.47 Å². The van der Waals surface area contributed by atoms with Crippen LogP contribution in [0.2, 0.25) is 0 Å². The van der Waals surface area contributed by atoms with E-state index in [-0.39, 0.29) is 0 Å². The van der Waals surface area contributed by atoms with Gasteiger partial charge in [0.05, 0.1) is 11.1 Å². The minimum Gasteiger partial charge on any atom is -0.423 e. The van der Waals surface area contributed by atoms with Crippen molar-refractivity contribution in [1.29, 1.82) is 0 Å². The maximum absolute atomic E-state index is 12.4. The van der Waals surface area contributed by atoms with Crippen LogP contribution in [0.4, 0.5) is 0 Å². The number of carbonyl (C=O) groups excluding carboxylic acids is 2. The molecule has 0 aliphatic carbocycles. The average Bonchev–Trinajstić information content (AvgIpc) is 2.84. The van der Waals surface area contributed by atoms with Crippen molar-refractivity contribution < 1.29 is 19.1 Å². The summed E-state index contributed by atoms with van der Waals surface area (Å²) >= 11 is 0. The SMILES string of the molecule is CCc1ccc(C(=O)Oc2ccc3cc(OC(=O)c4ccc(CC)cc4)ccc3c2)cc1. The Hall–Kier alpha value is -3.92. The number of carbonyl (C=O) groups is 2. The van der Waals surface area contributed by atoms with E-state index in [1.807, 2.05) is 36.4 Å². The van der Waals surface area contributed by atoms with Gasteiger partial charge >= 0.3 is 11.9 Å². The van der Waals surface area contributed by atoms with Crippen LogP contribution >= 0.6 is 0 Å². The fraction of sp³-hybridized carbons (Fsp3) is 0.143. The Morgan fingerprint density at radius 1 is 0.562 bits per heavy atom. The van der Waals surface area contributed by atoms with Crippen LogP contribution in [-0.2, 0) is 12.8 Å². The number of esters is 2. The van der Waals surface area contributed by atoms with Crippen molar-refractivity contribution in [3.05, 3.63) is 107 Å². The predicted octanol–water partition coefficient (Wildman–Crippen LogP) is 6.40. The van der Waals surface area contributed by atoms with Crippen LogP contribution in [0.5, 0.6) is 11.5 Å². The fourth-order valence-corrected chi connectivity index (χ4v) is 3.41. The summed E-state index contributed by atoms with van der Waals surface area (Å²) in [7, 11) is 0. The molecule has 0 aliphatic heterocycles. The van der Waals surface area contributed by atoms with E-state index in [9.17, 15) is 9.59 Å². The van der Waals surface area contributed by atoms with Crippen molar-refractivity contribution in [3.8, 4) is 11.5 Å². The largest absolute Gasteiger partial charge is 0.423 e. The van der Waals surface area contributed by atoms with Gasteiger partial charge in [0.2, 0.25) is 0 Å². The maximum Gasteiger partial charge on any atom is 0.343 e. The standard InChI is InChI=1S/C28H24O4/c1-3-19-5-9-21(10-6-19)27(29)31-25-15-13-24-18-26(16-14-23(24)17-25)32-28(30)22-11-7-20(4-2)8-12-22/h5-18H,3-4H2,1-2H3. The summed E-state index contributed by atoms with van der Waals surface area (Å²) in [5.41, 5.74) is 3.36. The molecule has 0 amide bonds. The van der Waals surface area contributed by atoms with E-state index in [4.69, 9.17) is 9.47 Å². The first-order chi connectivity index (χ1) is 15.6. The summed E-state index contributed by atoms with van der Waals surface area (Å²) in [6.07, 6.45) is 1.84. The lowest BCUT2D eigenvalue weighted by molar-refractivity contribution is 0.0725. The molecule has 0 radical (unpaired) electrons. The van der Waals surface area contributed by atoms with E-state index in [1.165, 1.54) is 11.1 Å². The molecule has 4 nitrogen and oxygen atoms in total. The zero-order chi connectivity index (χ0) is 22.5. The van der Waals surface area contributed by atoms with Crippen molar-refractivity contribution in [2.75, 3.05) is 0 Å². The van der Waals surface area contributed by atoms with Gasteiger partial charge in [-0.15, -0.1) is 0 Å². The van der Waals surface area contributed by atoms with Gasteiger partial charge in [-0.3, -0.25) is 0 Å². The number of aryl methyl sites for hydroxylation is 2. The van der Waals surface area contributed by atoms with Crippen LogP contribution in [0.25, 0.3) is 10.8 Å². The Morgan fingerprint density at radius 3 is 1.28 bits per heavy atom. The lowest BCUT2D eigenvalue weighted by Crippen LogP contribution is -2.09. The molecule has 4 aromatic rings. The third-order valence-electron chi connectivity index (χ3n) is 5.40. The van der Waals surface area contributed by atoms with E-state index < -0.39 is 11.9 Å². The molecule has 0 heterocycles. The second-order valence-electron chi connectivity index (χ2n) is 7.55. The van der Waals surface area contributed by atoms with Crippen molar-refractivity contribution in [2.45, 2.75) is 26.7 Å². The molecule has 0 aliphatic rings. The third-order valence-corrected chi connectivity index (χ3v) is 5.40. The highest BCUT2D eigenvalue weighted by molar-refractivity contribution is 5.93. The molecule has 0 bridgehead atoms. The van der Waals surface area contributed by atoms with Gasteiger partial charge in [-0.2, -0.15) is 0 Å². The minimum absolute atomic E-state index is 0.397. The Labute approximate surface area is 187 Å². The van der Waals surface area contributed by atoms with Crippen LogP contribution in [0, 0.1) is 0 Å². The number of fused-ring (bicyclic) bond motifs is 1. The maximum atomic E-state index is 12.4. The lowest BCUT2D eigenvalue weighted by Gasteiger charge is -2.08. The van der Waals surface area contributed by atoms with E-state index in [2.05, 4.69) is 13.8 Å². The first-order valence-corrected chi connectivity index (χ1v) is 10.7. The van der Waals surface area contributed by atoms with Crippen LogP contribution in [0.15, 0.2) is 84.9 Å². The van der Waals surface area contributed by atoms with Crippen LogP contribution in [-0.4, -0.2) is 11.9 Å². The molecule has 0 saturated heterocycles. The number of hydrogen-bond donors (Lipinski definition) is 0. The first-order valence-electron chi connectivity index (χ1n) is 10.7. The Balaban J connectivity index is 1.46. The molecule has 0 aromatic heterocycles. The highest BCUT2D eigenvalue weighted by atomic mass is 16.5. The zero-order valence-electron chi connectivity index (χ0n) is 18.1. The number of hydrogen-bond acceptors (Lipinski definition) is 4. The van der Waals surface area contributed by atoms with Gasteiger partial charge in [-0.25, -0.2) is 9.59 Å². The molecule has 4 rings (SSSR count).